The lowest BCUT2D eigenvalue weighted by atomic mass is 10.2. The molecule has 0 radical (unpaired) electrons. The molecule has 30 heavy (non-hydrogen) atoms. The molecule has 0 bridgehead atoms. The number of pyridine rings is 1. The van der Waals surface area contributed by atoms with Crippen molar-refractivity contribution in [2.75, 3.05) is 25.6 Å². The Hall–Kier alpha value is -2.58. The van der Waals surface area contributed by atoms with Crippen LogP contribution in [0.1, 0.15) is 46.5 Å². The van der Waals surface area contributed by atoms with Crippen molar-refractivity contribution in [2.24, 2.45) is 0 Å². The van der Waals surface area contributed by atoms with E-state index in [1.54, 1.807) is 0 Å². The number of hydrogen-bond acceptors (Lipinski definition) is 8. The van der Waals surface area contributed by atoms with E-state index in [4.69, 9.17) is 14.7 Å². The molecule has 1 saturated carbocycles. The average Bonchev–Trinajstić information content (AvgIpc) is 3.50. The SMILES string of the molecule is CCOC(=O)c1sc2nc(CN(C)C)nc(N(Cc3ccccn3)C3CC3)c2c1C. The highest BCUT2D eigenvalue weighted by Gasteiger charge is 2.33. The maximum absolute atomic E-state index is 12.5. The Morgan fingerprint density at radius 1 is 1.23 bits per heavy atom. The molecule has 1 aliphatic carbocycles. The van der Waals surface area contributed by atoms with Gasteiger partial charge in [-0.15, -0.1) is 11.3 Å². The monoisotopic (exact) mass is 425 g/mol. The van der Waals surface area contributed by atoms with Crippen molar-refractivity contribution in [3.8, 4) is 0 Å². The standard InChI is InChI=1S/C22H27N5O2S/c1-5-29-22(28)19-14(2)18-20(24-17(13-26(3)4)25-21(18)30-19)27(16-9-10-16)12-15-8-6-7-11-23-15/h6-8,11,16H,5,9-10,12-13H2,1-4H3. The van der Waals surface area contributed by atoms with Crippen molar-refractivity contribution < 1.29 is 9.53 Å². The second-order valence-electron chi connectivity index (χ2n) is 7.84. The van der Waals surface area contributed by atoms with Crippen LogP contribution >= 0.6 is 11.3 Å². The van der Waals surface area contributed by atoms with E-state index in [1.165, 1.54) is 11.3 Å². The van der Waals surface area contributed by atoms with E-state index < -0.39 is 0 Å². The van der Waals surface area contributed by atoms with Gasteiger partial charge < -0.3 is 14.5 Å². The molecule has 158 valence electrons. The molecule has 1 fully saturated rings. The minimum Gasteiger partial charge on any atom is -0.462 e. The summed E-state index contributed by atoms with van der Waals surface area (Å²) in [5, 5.41) is 0.952. The number of carbonyl (C=O) groups is 1. The van der Waals surface area contributed by atoms with Gasteiger partial charge >= 0.3 is 5.97 Å². The zero-order valence-corrected chi connectivity index (χ0v) is 18.7. The van der Waals surface area contributed by atoms with Crippen LogP contribution in [0.15, 0.2) is 24.4 Å². The number of nitrogens with zero attached hydrogens (tertiary/aromatic N) is 5. The number of rotatable bonds is 8. The Kier molecular flexibility index (Phi) is 5.97. The molecule has 3 aromatic heterocycles. The van der Waals surface area contributed by atoms with Crippen molar-refractivity contribution in [1.82, 2.24) is 19.9 Å². The van der Waals surface area contributed by atoms with Gasteiger partial charge in [0.05, 0.1) is 30.8 Å². The molecule has 3 aromatic rings. The molecule has 7 nitrogen and oxygen atoms in total. The van der Waals surface area contributed by atoms with Gasteiger partial charge in [0.2, 0.25) is 0 Å². The summed E-state index contributed by atoms with van der Waals surface area (Å²) < 4.78 is 5.28. The first-order chi connectivity index (χ1) is 14.5. The number of anilines is 1. The lowest BCUT2D eigenvalue weighted by Crippen LogP contribution is -2.27. The van der Waals surface area contributed by atoms with Gasteiger partial charge in [0.1, 0.15) is 21.3 Å². The Labute approximate surface area is 180 Å². The Bertz CT molecular complexity index is 1050. The van der Waals surface area contributed by atoms with E-state index in [0.717, 1.165) is 46.0 Å². The maximum atomic E-state index is 12.5. The third-order valence-electron chi connectivity index (χ3n) is 5.05. The molecule has 0 atom stereocenters. The fraction of sp³-hybridized carbons (Fsp3) is 0.455. The van der Waals surface area contributed by atoms with Crippen molar-refractivity contribution in [1.29, 1.82) is 0 Å². The quantitative estimate of drug-likeness (QED) is 0.508. The van der Waals surface area contributed by atoms with Gasteiger partial charge in [-0.2, -0.15) is 0 Å². The van der Waals surface area contributed by atoms with Crippen LogP contribution in [-0.4, -0.2) is 52.6 Å². The summed E-state index contributed by atoms with van der Waals surface area (Å²) in [5.74, 6) is 1.36. The van der Waals surface area contributed by atoms with Crippen LogP contribution < -0.4 is 4.90 Å². The van der Waals surface area contributed by atoms with E-state index in [2.05, 4.69) is 14.8 Å². The molecule has 4 rings (SSSR count). The van der Waals surface area contributed by atoms with Crippen LogP contribution in [-0.2, 0) is 17.8 Å². The average molecular weight is 426 g/mol. The molecular weight excluding hydrogens is 398 g/mol. The highest BCUT2D eigenvalue weighted by molar-refractivity contribution is 7.20. The van der Waals surface area contributed by atoms with Gasteiger partial charge in [-0.05, 0) is 58.5 Å². The number of fused-ring (bicyclic) bond motifs is 1. The molecule has 0 aromatic carbocycles. The van der Waals surface area contributed by atoms with Gasteiger partial charge in [-0.3, -0.25) is 4.98 Å². The molecule has 3 heterocycles. The number of hydrogen-bond donors (Lipinski definition) is 0. The summed E-state index contributed by atoms with van der Waals surface area (Å²) in [7, 11) is 4.01. The van der Waals surface area contributed by atoms with Crippen LogP contribution in [0.25, 0.3) is 10.2 Å². The Balaban J connectivity index is 1.85. The molecular formula is C22H27N5O2S. The molecule has 0 amide bonds. The lowest BCUT2D eigenvalue weighted by Gasteiger charge is -2.25. The fourth-order valence-corrected chi connectivity index (χ4v) is 4.63. The predicted molar refractivity (Wildman–Crippen MR) is 119 cm³/mol. The highest BCUT2D eigenvalue weighted by atomic mass is 32.1. The number of esters is 1. The van der Waals surface area contributed by atoms with E-state index in [9.17, 15) is 4.79 Å². The van der Waals surface area contributed by atoms with Gasteiger partial charge in [-0.25, -0.2) is 14.8 Å². The van der Waals surface area contributed by atoms with Gasteiger partial charge in [0.25, 0.3) is 0 Å². The predicted octanol–water partition coefficient (Wildman–Crippen LogP) is 3.80. The number of aryl methyl sites for hydroxylation is 1. The summed E-state index contributed by atoms with van der Waals surface area (Å²) >= 11 is 1.40. The third-order valence-corrected chi connectivity index (χ3v) is 6.22. The second-order valence-corrected chi connectivity index (χ2v) is 8.84. The fourth-order valence-electron chi connectivity index (χ4n) is 3.54. The Morgan fingerprint density at radius 3 is 2.67 bits per heavy atom. The normalized spacial score (nSPS) is 13.8. The highest BCUT2D eigenvalue weighted by Crippen LogP contribution is 2.40. The first kappa shape index (κ1) is 20.7. The first-order valence-corrected chi connectivity index (χ1v) is 11.1. The second kappa shape index (κ2) is 8.65. The molecule has 0 N–H and O–H groups in total. The largest absolute Gasteiger partial charge is 0.462 e. The smallest absolute Gasteiger partial charge is 0.348 e. The topological polar surface area (TPSA) is 71.5 Å². The van der Waals surface area contributed by atoms with Crippen LogP contribution in [0.5, 0.6) is 0 Å². The van der Waals surface area contributed by atoms with Crippen molar-refractivity contribution in [3.05, 3.63) is 46.4 Å². The van der Waals surface area contributed by atoms with E-state index in [1.807, 2.05) is 52.3 Å². The van der Waals surface area contributed by atoms with Gasteiger partial charge in [-0.1, -0.05) is 6.07 Å². The molecule has 0 unspecified atom stereocenters. The van der Waals surface area contributed by atoms with Crippen LogP contribution in [0.2, 0.25) is 0 Å². The van der Waals surface area contributed by atoms with Crippen molar-refractivity contribution in [2.45, 2.75) is 45.8 Å². The maximum Gasteiger partial charge on any atom is 0.348 e. The van der Waals surface area contributed by atoms with Crippen molar-refractivity contribution >= 4 is 33.3 Å². The van der Waals surface area contributed by atoms with E-state index in [0.29, 0.717) is 30.6 Å². The van der Waals surface area contributed by atoms with E-state index in [-0.39, 0.29) is 5.97 Å². The summed E-state index contributed by atoms with van der Waals surface area (Å²) in [5.41, 5.74) is 1.90. The minimum absolute atomic E-state index is 0.291. The molecule has 1 aliphatic rings. The lowest BCUT2D eigenvalue weighted by molar-refractivity contribution is 0.0531. The van der Waals surface area contributed by atoms with Gasteiger partial charge in [0.15, 0.2) is 0 Å². The summed E-state index contributed by atoms with van der Waals surface area (Å²) in [6.45, 7) is 5.46. The van der Waals surface area contributed by atoms with Crippen LogP contribution in [0, 0.1) is 6.92 Å². The summed E-state index contributed by atoms with van der Waals surface area (Å²) in [4.78, 5) is 32.6. The molecule has 0 saturated heterocycles. The zero-order chi connectivity index (χ0) is 21.3. The minimum atomic E-state index is -0.291. The molecule has 0 aliphatic heterocycles. The number of ether oxygens (including phenoxy) is 1. The summed E-state index contributed by atoms with van der Waals surface area (Å²) in [6.07, 6.45) is 4.09. The number of aromatic nitrogens is 3. The zero-order valence-electron chi connectivity index (χ0n) is 17.9. The first-order valence-electron chi connectivity index (χ1n) is 10.3. The Morgan fingerprint density at radius 2 is 2.03 bits per heavy atom. The molecule has 0 spiro atoms. The third kappa shape index (κ3) is 4.29. The van der Waals surface area contributed by atoms with Crippen LogP contribution in [0.4, 0.5) is 5.82 Å². The van der Waals surface area contributed by atoms with E-state index >= 15 is 0 Å². The molecule has 8 heteroatoms. The number of carbonyl (C=O) groups excluding carboxylic acids is 1. The summed E-state index contributed by atoms with van der Waals surface area (Å²) in [6, 6.07) is 6.41. The number of thiophene rings is 1. The van der Waals surface area contributed by atoms with Crippen LogP contribution in [0.3, 0.4) is 0 Å². The van der Waals surface area contributed by atoms with Crippen molar-refractivity contribution in [3.63, 3.8) is 0 Å². The van der Waals surface area contributed by atoms with Gasteiger partial charge in [0, 0.05) is 12.2 Å².